The zero-order valence-electron chi connectivity index (χ0n) is 9.92. The summed E-state index contributed by atoms with van der Waals surface area (Å²) in [7, 11) is 0. The summed E-state index contributed by atoms with van der Waals surface area (Å²) >= 11 is 4.34. The van der Waals surface area contributed by atoms with E-state index in [1.807, 2.05) is 37.3 Å². The second-order valence-electron chi connectivity index (χ2n) is 3.62. The van der Waals surface area contributed by atoms with Crippen LogP contribution in [-0.4, -0.2) is 21.8 Å². The Morgan fingerprint density at radius 3 is 2.68 bits per heavy atom. The molecule has 2 aromatic rings. The Balaban J connectivity index is 2.14. The molecule has 5 nitrogen and oxygen atoms in total. The number of carboxylic acid groups (broad SMARTS) is 1. The highest BCUT2D eigenvalue weighted by atomic mass is 79.9. The van der Waals surface area contributed by atoms with E-state index in [9.17, 15) is 4.79 Å². The van der Waals surface area contributed by atoms with Gasteiger partial charge in [-0.3, -0.25) is 5.43 Å². The highest BCUT2D eigenvalue weighted by Crippen LogP contribution is 2.28. The van der Waals surface area contributed by atoms with Crippen molar-refractivity contribution >= 4 is 44.1 Å². The number of benzene rings is 1. The van der Waals surface area contributed by atoms with Gasteiger partial charge >= 0.3 is 5.97 Å². The number of hydrogen-bond acceptors (Lipinski definition) is 5. The van der Waals surface area contributed by atoms with Crippen molar-refractivity contribution in [3.05, 3.63) is 45.4 Å². The highest BCUT2D eigenvalue weighted by molar-refractivity contribution is 9.11. The average molecular weight is 340 g/mol. The normalized spacial score (nSPS) is 11.4. The minimum atomic E-state index is -1.07. The van der Waals surface area contributed by atoms with E-state index in [2.05, 4.69) is 31.4 Å². The van der Waals surface area contributed by atoms with Crippen LogP contribution in [0.4, 0.5) is 5.13 Å². The van der Waals surface area contributed by atoms with Crippen LogP contribution < -0.4 is 5.43 Å². The maximum absolute atomic E-state index is 10.8. The van der Waals surface area contributed by atoms with E-state index in [1.165, 1.54) is 11.3 Å². The Labute approximate surface area is 122 Å². The van der Waals surface area contributed by atoms with Gasteiger partial charge in [0.2, 0.25) is 5.13 Å². The third-order valence-corrected chi connectivity index (χ3v) is 3.91. The van der Waals surface area contributed by atoms with Gasteiger partial charge in [-0.15, -0.1) is 0 Å². The maximum Gasteiger partial charge on any atom is 0.356 e. The molecule has 0 amide bonds. The number of hydrogen-bond donors (Lipinski definition) is 2. The highest BCUT2D eigenvalue weighted by Gasteiger charge is 2.14. The largest absolute Gasteiger partial charge is 0.476 e. The molecule has 1 heterocycles. The van der Waals surface area contributed by atoms with Gasteiger partial charge in [0, 0.05) is 0 Å². The standard InChI is InChI=1S/C12H10BrN3O2S/c1-7(8-5-3-2-4-6-8)15-16-12-14-9(11(17)18)10(13)19-12/h2-6H,1H3,(H,14,16)(H,17,18). The fourth-order valence-electron chi connectivity index (χ4n) is 1.36. The van der Waals surface area contributed by atoms with Gasteiger partial charge in [0.25, 0.3) is 0 Å². The molecule has 2 N–H and O–H groups in total. The number of nitrogens with zero attached hydrogens (tertiary/aromatic N) is 2. The summed E-state index contributed by atoms with van der Waals surface area (Å²) in [5.74, 6) is -1.07. The van der Waals surface area contributed by atoms with Crippen molar-refractivity contribution in [1.29, 1.82) is 0 Å². The van der Waals surface area contributed by atoms with Crippen LogP contribution in [-0.2, 0) is 0 Å². The third-order valence-electron chi connectivity index (χ3n) is 2.30. The predicted molar refractivity (Wildman–Crippen MR) is 79.0 cm³/mol. The van der Waals surface area contributed by atoms with Crippen LogP contribution in [0.5, 0.6) is 0 Å². The van der Waals surface area contributed by atoms with Crippen LogP contribution in [0.25, 0.3) is 0 Å². The topological polar surface area (TPSA) is 74.6 Å². The van der Waals surface area contributed by atoms with Crippen molar-refractivity contribution in [2.75, 3.05) is 5.43 Å². The zero-order chi connectivity index (χ0) is 13.8. The summed E-state index contributed by atoms with van der Waals surface area (Å²) in [4.78, 5) is 14.8. The molecule has 0 unspecified atom stereocenters. The van der Waals surface area contributed by atoms with Gasteiger partial charge in [0.05, 0.1) is 5.71 Å². The lowest BCUT2D eigenvalue weighted by Gasteiger charge is -2.00. The Bertz CT molecular complexity index is 625. The molecule has 0 bridgehead atoms. The van der Waals surface area contributed by atoms with Crippen LogP contribution >= 0.6 is 27.3 Å². The van der Waals surface area contributed by atoms with Crippen molar-refractivity contribution < 1.29 is 9.90 Å². The van der Waals surface area contributed by atoms with Gasteiger partial charge in [-0.2, -0.15) is 5.10 Å². The van der Waals surface area contributed by atoms with Crippen molar-refractivity contribution in [2.24, 2.45) is 5.10 Å². The van der Waals surface area contributed by atoms with Crippen LogP contribution in [0, 0.1) is 0 Å². The monoisotopic (exact) mass is 339 g/mol. The number of halogens is 1. The Kier molecular flexibility index (Phi) is 4.28. The number of thiazole rings is 1. The molecule has 0 radical (unpaired) electrons. The van der Waals surface area contributed by atoms with Gasteiger partial charge in [-0.1, -0.05) is 41.7 Å². The van der Waals surface area contributed by atoms with Crippen molar-refractivity contribution in [3.63, 3.8) is 0 Å². The van der Waals surface area contributed by atoms with Crippen LogP contribution in [0.3, 0.4) is 0 Å². The fraction of sp³-hybridized carbons (Fsp3) is 0.0833. The minimum absolute atomic E-state index is 0.0138. The number of rotatable bonds is 4. The molecule has 2 rings (SSSR count). The predicted octanol–water partition coefficient (Wildman–Crippen LogP) is 3.44. The summed E-state index contributed by atoms with van der Waals surface area (Å²) in [5.41, 5.74) is 4.53. The fourth-order valence-corrected chi connectivity index (χ4v) is 2.70. The molecule has 0 fully saturated rings. The third kappa shape index (κ3) is 3.39. The molecule has 7 heteroatoms. The SMILES string of the molecule is CC(=NNc1nc(C(=O)O)c(Br)s1)c1ccccc1. The molecule has 0 saturated heterocycles. The molecule has 0 aliphatic rings. The van der Waals surface area contributed by atoms with Crippen LogP contribution in [0.2, 0.25) is 0 Å². The molecule has 0 spiro atoms. The second-order valence-corrected chi connectivity index (χ2v) is 5.94. The van der Waals surface area contributed by atoms with Crippen LogP contribution in [0.15, 0.2) is 39.2 Å². The number of carboxylic acids is 1. The first-order chi connectivity index (χ1) is 9.08. The molecule has 0 saturated carbocycles. The zero-order valence-corrected chi connectivity index (χ0v) is 12.3. The number of carbonyl (C=O) groups is 1. The first-order valence-corrected chi connectivity index (χ1v) is 6.94. The number of nitrogens with one attached hydrogen (secondary N) is 1. The summed E-state index contributed by atoms with van der Waals surface area (Å²) < 4.78 is 0.468. The van der Waals surface area contributed by atoms with Gasteiger partial charge in [0.15, 0.2) is 5.69 Å². The lowest BCUT2D eigenvalue weighted by atomic mass is 10.1. The van der Waals surface area contributed by atoms with Gasteiger partial charge in [-0.25, -0.2) is 9.78 Å². The molecular formula is C12H10BrN3O2S. The quantitative estimate of drug-likeness (QED) is 0.660. The van der Waals surface area contributed by atoms with E-state index in [1.54, 1.807) is 0 Å². The molecule has 0 aliphatic carbocycles. The van der Waals surface area contributed by atoms with Gasteiger partial charge < -0.3 is 5.11 Å². The summed E-state index contributed by atoms with van der Waals surface area (Å²) in [6.45, 7) is 1.86. The number of anilines is 1. The van der Waals surface area contributed by atoms with Gasteiger partial charge in [-0.05, 0) is 28.4 Å². The number of aromatic carboxylic acids is 1. The smallest absolute Gasteiger partial charge is 0.356 e. The number of hydrazone groups is 1. The first kappa shape index (κ1) is 13.7. The van der Waals surface area contributed by atoms with E-state index >= 15 is 0 Å². The maximum atomic E-state index is 10.8. The summed E-state index contributed by atoms with van der Waals surface area (Å²) in [6, 6.07) is 9.68. The van der Waals surface area contributed by atoms with Gasteiger partial charge in [0.1, 0.15) is 3.79 Å². The second kappa shape index (κ2) is 5.94. The van der Waals surface area contributed by atoms with E-state index in [0.29, 0.717) is 8.92 Å². The molecule has 0 aliphatic heterocycles. The van der Waals surface area contributed by atoms with E-state index in [4.69, 9.17) is 5.11 Å². The Morgan fingerprint density at radius 2 is 2.11 bits per heavy atom. The first-order valence-electron chi connectivity index (χ1n) is 5.33. The van der Waals surface area contributed by atoms with E-state index in [-0.39, 0.29) is 5.69 Å². The van der Waals surface area contributed by atoms with E-state index in [0.717, 1.165) is 11.3 Å². The lowest BCUT2D eigenvalue weighted by Crippen LogP contribution is -2.00. The van der Waals surface area contributed by atoms with Crippen LogP contribution in [0.1, 0.15) is 23.0 Å². The molecule has 1 aromatic carbocycles. The van der Waals surface area contributed by atoms with Crippen molar-refractivity contribution in [1.82, 2.24) is 4.98 Å². The Hall–Kier alpha value is -1.73. The molecule has 0 atom stereocenters. The summed E-state index contributed by atoms with van der Waals surface area (Å²) in [6.07, 6.45) is 0. The lowest BCUT2D eigenvalue weighted by molar-refractivity contribution is 0.0690. The Morgan fingerprint density at radius 1 is 1.42 bits per heavy atom. The molecule has 1 aromatic heterocycles. The molecule has 19 heavy (non-hydrogen) atoms. The number of aromatic nitrogens is 1. The van der Waals surface area contributed by atoms with E-state index < -0.39 is 5.97 Å². The molecular weight excluding hydrogens is 330 g/mol. The van der Waals surface area contributed by atoms with Crippen molar-refractivity contribution in [2.45, 2.75) is 6.92 Å². The minimum Gasteiger partial charge on any atom is -0.476 e. The average Bonchev–Trinajstić information content (AvgIpc) is 2.78. The molecule has 98 valence electrons. The summed E-state index contributed by atoms with van der Waals surface area (Å²) in [5, 5.41) is 13.5. The van der Waals surface area contributed by atoms with Crippen molar-refractivity contribution in [3.8, 4) is 0 Å².